The van der Waals surface area contributed by atoms with E-state index in [1.54, 1.807) is 6.20 Å². The van der Waals surface area contributed by atoms with E-state index < -0.39 is 0 Å². The second kappa shape index (κ2) is 7.11. The van der Waals surface area contributed by atoms with E-state index in [0.29, 0.717) is 5.91 Å². The van der Waals surface area contributed by atoms with Crippen LogP contribution in [0.3, 0.4) is 0 Å². The first-order chi connectivity index (χ1) is 8.86. The van der Waals surface area contributed by atoms with Crippen LogP contribution in [0.25, 0.3) is 0 Å². The van der Waals surface area contributed by atoms with Crippen molar-refractivity contribution in [3.8, 4) is 0 Å². The lowest BCUT2D eigenvalue weighted by Crippen LogP contribution is -2.36. The zero-order valence-electron chi connectivity index (χ0n) is 10.8. The fraction of sp³-hybridized carbons (Fsp3) is 0.571. The molecule has 0 aliphatic carbocycles. The Morgan fingerprint density at radius 1 is 1.33 bits per heavy atom. The first-order valence-corrected chi connectivity index (χ1v) is 6.73. The molecule has 0 atom stereocenters. The number of hydrogen-bond donors (Lipinski definition) is 1. The quantitative estimate of drug-likeness (QED) is 0.803. The maximum absolute atomic E-state index is 11.8. The number of carbonyl (C=O) groups is 1. The van der Waals surface area contributed by atoms with Crippen molar-refractivity contribution in [1.82, 2.24) is 15.2 Å². The molecule has 2 rings (SSSR count). The Morgan fingerprint density at radius 2 is 2.28 bits per heavy atom. The Labute approximate surface area is 108 Å². The standard InChI is InChI=1S/C14H21N3O/c18-14-6-2-1-3-9-17(14)10-8-16-12-13-5-4-7-15-11-13/h4-5,7,11,16H,1-3,6,8-10,12H2. The number of rotatable bonds is 5. The van der Waals surface area contributed by atoms with E-state index in [2.05, 4.69) is 16.4 Å². The summed E-state index contributed by atoms with van der Waals surface area (Å²) in [6, 6.07) is 3.99. The first kappa shape index (κ1) is 13.0. The molecule has 4 nitrogen and oxygen atoms in total. The van der Waals surface area contributed by atoms with Crippen molar-refractivity contribution < 1.29 is 4.79 Å². The van der Waals surface area contributed by atoms with Crippen molar-refractivity contribution in [2.45, 2.75) is 32.2 Å². The molecule has 0 aromatic carbocycles. The fourth-order valence-electron chi connectivity index (χ4n) is 2.22. The Hall–Kier alpha value is -1.42. The molecule has 1 aromatic rings. The van der Waals surface area contributed by atoms with Gasteiger partial charge < -0.3 is 10.2 Å². The van der Waals surface area contributed by atoms with Crippen molar-refractivity contribution >= 4 is 5.91 Å². The third kappa shape index (κ3) is 4.11. The van der Waals surface area contributed by atoms with Crippen LogP contribution >= 0.6 is 0 Å². The van der Waals surface area contributed by atoms with E-state index in [4.69, 9.17) is 0 Å². The molecule has 4 heteroatoms. The number of pyridine rings is 1. The molecule has 0 saturated carbocycles. The molecule has 0 radical (unpaired) electrons. The molecular weight excluding hydrogens is 226 g/mol. The maximum atomic E-state index is 11.8. The zero-order chi connectivity index (χ0) is 12.6. The number of nitrogens with zero attached hydrogens (tertiary/aromatic N) is 2. The third-order valence-electron chi connectivity index (χ3n) is 3.28. The van der Waals surface area contributed by atoms with Crippen LogP contribution in [0.2, 0.25) is 0 Å². The van der Waals surface area contributed by atoms with Crippen LogP contribution in [0.4, 0.5) is 0 Å². The molecule has 1 N–H and O–H groups in total. The highest BCUT2D eigenvalue weighted by Crippen LogP contribution is 2.10. The summed E-state index contributed by atoms with van der Waals surface area (Å²) in [6.45, 7) is 3.41. The van der Waals surface area contributed by atoms with Crippen LogP contribution in [-0.2, 0) is 11.3 Å². The predicted octanol–water partition coefficient (Wildman–Crippen LogP) is 1.57. The molecular formula is C14H21N3O. The molecule has 1 aromatic heterocycles. The number of amides is 1. The third-order valence-corrected chi connectivity index (χ3v) is 3.28. The molecule has 2 heterocycles. The summed E-state index contributed by atoms with van der Waals surface area (Å²) in [7, 11) is 0. The highest BCUT2D eigenvalue weighted by Gasteiger charge is 2.15. The Bertz CT molecular complexity index is 367. The van der Waals surface area contributed by atoms with Gasteiger partial charge in [-0.25, -0.2) is 0 Å². The van der Waals surface area contributed by atoms with E-state index in [1.165, 1.54) is 12.0 Å². The molecule has 0 spiro atoms. The minimum Gasteiger partial charge on any atom is -0.341 e. The lowest BCUT2D eigenvalue weighted by molar-refractivity contribution is -0.130. The van der Waals surface area contributed by atoms with Crippen molar-refractivity contribution in [2.24, 2.45) is 0 Å². The molecule has 0 unspecified atom stereocenters. The average Bonchev–Trinajstić information content (AvgIpc) is 2.61. The summed E-state index contributed by atoms with van der Waals surface area (Å²) in [6.07, 6.45) is 7.75. The second-order valence-electron chi connectivity index (χ2n) is 4.73. The normalized spacial score (nSPS) is 16.7. The summed E-state index contributed by atoms with van der Waals surface area (Å²) in [5.41, 5.74) is 1.18. The summed E-state index contributed by atoms with van der Waals surface area (Å²) in [4.78, 5) is 17.8. The van der Waals surface area contributed by atoms with Crippen LogP contribution in [0.1, 0.15) is 31.2 Å². The highest BCUT2D eigenvalue weighted by molar-refractivity contribution is 5.76. The van der Waals surface area contributed by atoms with Gasteiger partial charge >= 0.3 is 0 Å². The maximum Gasteiger partial charge on any atom is 0.222 e. The van der Waals surface area contributed by atoms with Gasteiger partial charge in [0.05, 0.1) is 0 Å². The minimum atomic E-state index is 0.315. The molecule has 1 aliphatic heterocycles. The summed E-state index contributed by atoms with van der Waals surface area (Å²) in [5.74, 6) is 0.315. The van der Waals surface area contributed by atoms with Gasteiger partial charge in [0.1, 0.15) is 0 Å². The van der Waals surface area contributed by atoms with Gasteiger partial charge in [0.25, 0.3) is 0 Å². The topological polar surface area (TPSA) is 45.2 Å². The smallest absolute Gasteiger partial charge is 0.222 e. The number of hydrogen-bond acceptors (Lipinski definition) is 3. The largest absolute Gasteiger partial charge is 0.341 e. The number of aromatic nitrogens is 1. The van der Waals surface area contributed by atoms with Crippen LogP contribution in [0, 0.1) is 0 Å². The van der Waals surface area contributed by atoms with Gasteiger partial charge in [0.15, 0.2) is 0 Å². The molecule has 1 saturated heterocycles. The van der Waals surface area contributed by atoms with Crippen molar-refractivity contribution in [2.75, 3.05) is 19.6 Å². The fourth-order valence-corrected chi connectivity index (χ4v) is 2.22. The van der Waals surface area contributed by atoms with Crippen molar-refractivity contribution in [1.29, 1.82) is 0 Å². The lowest BCUT2D eigenvalue weighted by Gasteiger charge is -2.20. The monoisotopic (exact) mass is 247 g/mol. The van der Waals surface area contributed by atoms with Gasteiger partial charge in [0, 0.05) is 45.0 Å². The zero-order valence-corrected chi connectivity index (χ0v) is 10.8. The number of nitrogens with one attached hydrogen (secondary N) is 1. The molecule has 0 bridgehead atoms. The van der Waals surface area contributed by atoms with Crippen molar-refractivity contribution in [3.05, 3.63) is 30.1 Å². The second-order valence-corrected chi connectivity index (χ2v) is 4.73. The van der Waals surface area contributed by atoms with Gasteiger partial charge in [-0.15, -0.1) is 0 Å². The first-order valence-electron chi connectivity index (χ1n) is 6.73. The Balaban J connectivity index is 1.67. The minimum absolute atomic E-state index is 0.315. The summed E-state index contributed by atoms with van der Waals surface area (Å²) >= 11 is 0. The number of carbonyl (C=O) groups excluding carboxylic acids is 1. The van der Waals surface area contributed by atoms with E-state index >= 15 is 0 Å². The molecule has 1 aliphatic rings. The van der Waals surface area contributed by atoms with Crippen LogP contribution in [0.5, 0.6) is 0 Å². The van der Waals surface area contributed by atoms with Crippen LogP contribution in [-0.4, -0.2) is 35.4 Å². The van der Waals surface area contributed by atoms with Gasteiger partial charge in [-0.1, -0.05) is 12.5 Å². The van der Waals surface area contributed by atoms with Crippen molar-refractivity contribution in [3.63, 3.8) is 0 Å². The van der Waals surface area contributed by atoms with E-state index in [9.17, 15) is 4.79 Å². The van der Waals surface area contributed by atoms with Gasteiger partial charge in [-0.3, -0.25) is 9.78 Å². The summed E-state index contributed by atoms with van der Waals surface area (Å²) < 4.78 is 0. The SMILES string of the molecule is O=C1CCCCCN1CCNCc1cccnc1. The molecule has 18 heavy (non-hydrogen) atoms. The van der Waals surface area contributed by atoms with Gasteiger partial charge in [-0.05, 0) is 24.5 Å². The van der Waals surface area contributed by atoms with Gasteiger partial charge in [-0.2, -0.15) is 0 Å². The lowest BCUT2D eigenvalue weighted by atomic mass is 10.2. The predicted molar refractivity (Wildman–Crippen MR) is 71.0 cm³/mol. The molecule has 1 fully saturated rings. The Morgan fingerprint density at radius 3 is 3.11 bits per heavy atom. The van der Waals surface area contributed by atoms with Crippen LogP contribution in [0.15, 0.2) is 24.5 Å². The van der Waals surface area contributed by atoms with E-state index in [1.807, 2.05) is 17.2 Å². The number of likely N-dealkylation sites (tertiary alicyclic amines) is 1. The average molecular weight is 247 g/mol. The van der Waals surface area contributed by atoms with E-state index in [-0.39, 0.29) is 0 Å². The molecule has 98 valence electrons. The summed E-state index contributed by atoms with van der Waals surface area (Å²) in [5, 5.41) is 3.36. The molecule has 1 amide bonds. The van der Waals surface area contributed by atoms with Gasteiger partial charge in [0.2, 0.25) is 5.91 Å². The Kier molecular flexibility index (Phi) is 5.15. The van der Waals surface area contributed by atoms with Crippen LogP contribution < -0.4 is 5.32 Å². The highest BCUT2D eigenvalue weighted by atomic mass is 16.2. The van der Waals surface area contributed by atoms with E-state index in [0.717, 1.165) is 45.4 Å².